The maximum atomic E-state index is 13.3. The molecule has 0 spiro atoms. The number of hydrogen-bond acceptors (Lipinski definition) is 5. The normalized spacial score (nSPS) is 12.1. The van der Waals surface area contributed by atoms with Gasteiger partial charge in [-0.1, -0.05) is 103 Å². The Morgan fingerprint density at radius 2 is 1.22 bits per heavy atom. The van der Waals surface area contributed by atoms with Gasteiger partial charge in [0.1, 0.15) is 11.2 Å². The summed E-state index contributed by atoms with van der Waals surface area (Å²) in [5, 5.41) is 0. The summed E-state index contributed by atoms with van der Waals surface area (Å²) in [4.78, 5) is 12.6. The number of fused-ring (bicyclic) bond motifs is 1. The van der Waals surface area contributed by atoms with Gasteiger partial charge in [0.25, 0.3) is 0 Å². The molecule has 2 heterocycles. The van der Waals surface area contributed by atoms with Crippen LogP contribution in [-0.2, 0) is 21.0 Å². The number of H-pyrrole nitrogens is 1. The Bertz CT molecular complexity index is 1630. The zero-order chi connectivity index (χ0) is 25.3. The summed E-state index contributed by atoms with van der Waals surface area (Å²) in [6, 6.07) is 38.0. The Hall–Kier alpha value is -4.07. The zero-order valence-electron chi connectivity index (χ0n) is 19.8. The lowest BCUT2D eigenvalue weighted by atomic mass is 9.69. The molecule has 0 aliphatic heterocycles. The first-order valence-electron chi connectivity index (χ1n) is 11.9. The van der Waals surface area contributed by atoms with E-state index in [-0.39, 0.29) is 10.1 Å². The number of thiazole rings is 1. The molecular weight excluding hydrogens is 498 g/mol. The van der Waals surface area contributed by atoms with Crippen LogP contribution in [-0.4, -0.2) is 23.4 Å². The first-order valence-corrected chi connectivity index (χ1v) is 14.3. The topological polar surface area (TPSA) is 75.7 Å². The van der Waals surface area contributed by atoms with E-state index in [1.165, 1.54) is 11.3 Å². The zero-order valence-corrected chi connectivity index (χ0v) is 21.4. The average Bonchev–Trinajstić information content (AvgIpc) is 3.59. The molecule has 7 heteroatoms. The van der Waals surface area contributed by atoms with Gasteiger partial charge >= 0.3 is 0 Å². The number of hydrogen-bond donors (Lipinski definition) is 1. The first kappa shape index (κ1) is 23.3. The number of nitrogens with one attached hydrogen (secondary N) is 1. The molecule has 182 valence electrons. The Labute approximate surface area is 219 Å². The van der Waals surface area contributed by atoms with Gasteiger partial charge in [-0.25, -0.2) is 18.4 Å². The van der Waals surface area contributed by atoms with Crippen LogP contribution in [0.4, 0.5) is 0 Å². The van der Waals surface area contributed by atoms with Crippen LogP contribution in [0, 0.1) is 0 Å². The third-order valence-electron chi connectivity index (χ3n) is 6.49. The second-order valence-corrected chi connectivity index (χ2v) is 12.0. The fourth-order valence-corrected chi connectivity index (χ4v) is 7.42. The highest BCUT2D eigenvalue weighted by atomic mass is 32.2. The van der Waals surface area contributed by atoms with Crippen molar-refractivity contribution in [1.29, 1.82) is 0 Å². The standard InChI is InChI=1S/C30H23N3O2S2/c34-37(35,29-33-26-18-10-11-19-27(26)36-29)21-25-20-31-28(32-25)30(22-12-4-1-5-13-22,23-14-6-2-7-15-23)24-16-8-3-9-17-24/h1-20H,21H2,(H,31,32). The molecule has 0 atom stereocenters. The molecule has 6 rings (SSSR count). The molecular formula is C30H23N3O2S2. The average molecular weight is 522 g/mol. The van der Waals surface area contributed by atoms with Gasteiger partial charge in [0, 0.05) is 6.20 Å². The fraction of sp³-hybridized carbons (Fsp3) is 0.0667. The molecule has 2 aromatic heterocycles. The predicted octanol–water partition coefficient (Wildman–Crippen LogP) is 6.38. The van der Waals surface area contributed by atoms with E-state index in [2.05, 4.69) is 46.4 Å². The van der Waals surface area contributed by atoms with Gasteiger partial charge in [-0.15, -0.1) is 11.3 Å². The van der Waals surface area contributed by atoms with Crippen LogP contribution >= 0.6 is 11.3 Å². The lowest BCUT2D eigenvalue weighted by Gasteiger charge is -2.34. The molecule has 0 aliphatic carbocycles. The Kier molecular flexibility index (Phi) is 5.94. The van der Waals surface area contributed by atoms with Gasteiger partial charge in [0.15, 0.2) is 0 Å². The van der Waals surface area contributed by atoms with Crippen LogP contribution in [0.3, 0.4) is 0 Å². The van der Waals surface area contributed by atoms with E-state index in [4.69, 9.17) is 4.98 Å². The summed E-state index contributed by atoms with van der Waals surface area (Å²) < 4.78 is 27.6. The lowest BCUT2D eigenvalue weighted by Crippen LogP contribution is -2.32. The monoisotopic (exact) mass is 521 g/mol. The highest BCUT2D eigenvalue weighted by Crippen LogP contribution is 2.43. The number of rotatable bonds is 7. The van der Waals surface area contributed by atoms with E-state index >= 15 is 0 Å². The van der Waals surface area contributed by atoms with Gasteiger partial charge in [0.2, 0.25) is 14.2 Å². The van der Waals surface area contributed by atoms with Gasteiger partial charge in [-0.3, -0.25) is 0 Å². The minimum Gasteiger partial charge on any atom is -0.344 e. The molecule has 0 unspecified atom stereocenters. The number of aromatic nitrogens is 3. The maximum Gasteiger partial charge on any atom is 0.211 e. The van der Waals surface area contributed by atoms with Crippen molar-refractivity contribution in [3.05, 3.63) is 150 Å². The molecule has 6 aromatic rings. The van der Waals surface area contributed by atoms with E-state index in [0.29, 0.717) is 17.0 Å². The summed E-state index contributed by atoms with van der Waals surface area (Å²) in [5.74, 6) is 0.444. The second-order valence-electron chi connectivity index (χ2n) is 8.81. The smallest absolute Gasteiger partial charge is 0.211 e. The Balaban J connectivity index is 1.49. The van der Waals surface area contributed by atoms with Crippen molar-refractivity contribution in [1.82, 2.24) is 15.0 Å². The van der Waals surface area contributed by atoms with Crippen molar-refractivity contribution in [2.24, 2.45) is 0 Å². The molecule has 0 aliphatic rings. The predicted molar refractivity (Wildman–Crippen MR) is 147 cm³/mol. The maximum absolute atomic E-state index is 13.3. The van der Waals surface area contributed by atoms with Crippen molar-refractivity contribution >= 4 is 31.4 Å². The third kappa shape index (κ3) is 4.16. The van der Waals surface area contributed by atoms with Crippen LogP contribution in [0.5, 0.6) is 0 Å². The first-order chi connectivity index (χ1) is 18.1. The SMILES string of the molecule is O=S(=O)(Cc1cnc(C(c2ccccc2)(c2ccccc2)c2ccccc2)[nH]1)c1nc2ccccc2s1. The van der Waals surface area contributed by atoms with E-state index in [0.717, 1.165) is 21.4 Å². The molecule has 0 saturated heterocycles. The fourth-order valence-electron chi connectivity index (χ4n) is 4.85. The summed E-state index contributed by atoms with van der Waals surface area (Å²) >= 11 is 1.19. The van der Waals surface area contributed by atoms with E-state index in [1.54, 1.807) is 6.20 Å². The van der Waals surface area contributed by atoms with Crippen molar-refractivity contribution < 1.29 is 8.42 Å². The summed E-state index contributed by atoms with van der Waals surface area (Å²) in [5.41, 5.74) is 3.53. The second kappa shape index (κ2) is 9.42. The van der Waals surface area contributed by atoms with Gasteiger partial charge < -0.3 is 4.98 Å². The third-order valence-corrected chi connectivity index (χ3v) is 9.65. The highest BCUT2D eigenvalue weighted by Gasteiger charge is 2.41. The van der Waals surface area contributed by atoms with Crippen molar-refractivity contribution in [2.45, 2.75) is 15.5 Å². The van der Waals surface area contributed by atoms with Crippen LogP contribution in [0.1, 0.15) is 28.2 Å². The van der Waals surface area contributed by atoms with Crippen LogP contribution in [0.15, 0.2) is 126 Å². The largest absolute Gasteiger partial charge is 0.344 e. The number of nitrogens with zero attached hydrogens (tertiary/aromatic N) is 2. The number of benzene rings is 4. The molecule has 1 N–H and O–H groups in total. The van der Waals surface area contributed by atoms with Crippen molar-refractivity contribution in [2.75, 3.05) is 0 Å². The van der Waals surface area contributed by atoms with Crippen LogP contribution in [0.25, 0.3) is 10.2 Å². The van der Waals surface area contributed by atoms with E-state index in [9.17, 15) is 8.42 Å². The number of imidazole rings is 1. The van der Waals surface area contributed by atoms with Crippen LogP contribution < -0.4 is 0 Å². The Morgan fingerprint density at radius 1 is 0.703 bits per heavy atom. The molecule has 0 saturated carbocycles. The summed E-state index contributed by atoms with van der Waals surface area (Å²) in [6.07, 6.45) is 1.63. The van der Waals surface area contributed by atoms with E-state index < -0.39 is 15.3 Å². The van der Waals surface area contributed by atoms with E-state index in [1.807, 2.05) is 78.9 Å². The lowest BCUT2D eigenvalue weighted by molar-refractivity contribution is 0.594. The number of para-hydroxylation sites is 1. The van der Waals surface area contributed by atoms with Crippen molar-refractivity contribution in [3.8, 4) is 0 Å². The number of aromatic amines is 1. The molecule has 0 fully saturated rings. The summed E-state index contributed by atoms with van der Waals surface area (Å²) in [6.45, 7) is 0. The van der Waals surface area contributed by atoms with Gasteiger partial charge in [-0.2, -0.15) is 0 Å². The van der Waals surface area contributed by atoms with Gasteiger partial charge in [0.05, 0.1) is 21.7 Å². The number of sulfone groups is 1. The van der Waals surface area contributed by atoms with Crippen LogP contribution in [0.2, 0.25) is 0 Å². The summed E-state index contributed by atoms with van der Waals surface area (Å²) in [7, 11) is -3.67. The molecule has 5 nitrogen and oxygen atoms in total. The molecule has 0 radical (unpaired) electrons. The molecule has 37 heavy (non-hydrogen) atoms. The minimum absolute atomic E-state index is 0.116. The molecule has 0 bridgehead atoms. The molecule has 4 aromatic carbocycles. The van der Waals surface area contributed by atoms with Gasteiger partial charge in [-0.05, 0) is 28.8 Å². The minimum atomic E-state index is -3.67. The molecule has 0 amide bonds. The highest BCUT2D eigenvalue weighted by molar-refractivity contribution is 7.92. The van der Waals surface area contributed by atoms with Crippen molar-refractivity contribution in [3.63, 3.8) is 0 Å². The Morgan fingerprint density at radius 3 is 1.76 bits per heavy atom. The quantitative estimate of drug-likeness (QED) is 0.248.